The van der Waals surface area contributed by atoms with Crippen LogP contribution in [0.4, 0.5) is 5.69 Å². The molecule has 0 radical (unpaired) electrons. The average molecular weight is 241 g/mol. The fourth-order valence-corrected chi connectivity index (χ4v) is 2.27. The van der Waals surface area contributed by atoms with E-state index in [1.165, 1.54) is 6.42 Å². The van der Waals surface area contributed by atoms with Crippen molar-refractivity contribution >= 4 is 17.3 Å². The molecule has 0 heterocycles. The van der Waals surface area contributed by atoms with Gasteiger partial charge in [0.1, 0.15) is 0 Å². The molecule has 4 heteroatoms. The lowest BCUT2D eigenvalue weighted by atomic mass is 9.77. The van der Waals surface area contributed by atoms with Crippen LogP contribution in [0.2, 0.25) is 5.02 Å². The molecule has 1 fully saturated rings. The second kappa shape index (κ2) is 4.62. The molecule has 16 heavy (non-hydrogen) atoms. The van der Waals surface area contributed by atoms with Crippen LogP contribution in [0.5, 0.6) is 0 Å². The van der Waals surface area contributed by atoms with Gasteiger partial charge in [0.25, 0.3) is 0 Å². The normalized spacial score (nSPS) is 20.2. The number of halogens is 1. The van der Waals surface area contributed by atoms with Gasteiger partial charge in [-0.25, -0.2) is 0 Å². The summed E-state index contributed by atoms with van der Waals surface area (Å²) in [6.45, 7) is 0. The predicted octanol–water partition coefficient (Wildman–Crippen LogP) is 2.08. The fourth-order valence-electron chi connectivity index (χ4n) is 2.09. The van der Waals surface area contributed by atoms with Crippen LogP contribution in [-0.4, -0.2) is 11.2 Å². The highest BCUT2D eigenvalue weighted by Crippen LogP contribution is 2.36. The summed E-state index contributed by atoms with van der Waals surface area (Å²) in [5.74, 6) is 0.313. The lowest BCUT2D eigenvalue weighted by Gasteiger charge is -2.34. The van der Waals surface area contributed by atoms with Gasteiger partial charge in [-0.3, -0.25) is 0 Å². The third-order valence-electron chi connectivity index (χ3n) is 3.41. The molecule has 1 aliphatic rings. The van der Waals surface area contributed by atoms with Crippen LogP contribution in [0.1, 0.15) is 30.9 Å². The summed E-state index contributed by atoms with van der Waals surface area (Å²) in [6, 6.07) is 4.75. The van der Waals surface area contributed by atoms with Crippen molar-refractivity contribution in [3.63, 3.8) is 0 Å². The fraction of sp³-hybridized carbons (Fsp3) is 0.500. The number of hydrogen-bond donors (Lipinski definition) is 3. The number of anilines is 1. The maximum atomic E-state index is 10.1. The molecule has 5 N–H and O–H groups in total. The van der Waals surface area contributed by atoms with E-state index in [-0.39, 0.29) is 0 Å². The summed E-state index contributed by atoms with van der Waals surface area (Å²) in [7, 11) is 0. The van der Waals surface area contributed by atoms with E-state index in [9.17, 15) is 5.11 Å². The second-order valence-corrected chi connectivity index (χ2v) is 4.92. The van der Waals surface area contributed by atoms with Gasteiger partial charge in [-0.1, -0.05) is 18.0 Å². The van der Waals surface area contributed by atoms with Crippen molar-refractivity contribution in [2.24, 2.45) is 11.7 Å². The molecule has 0 unspecified atom stereocenters. The van der Waals surface area contributed by atoms with Crippen LogP contribution in [0.15, 0.2) is 18.2 Å². The molecule has 0 spiro atoms. The highest BCUT2D eigenvalue weighted by Gasteiger charge is 2.31. The molecule has 0 aromatic heterocycles. The van der Waals surface area contributed by atoms with Crippen LogP contribution >= 0.6 is 11.6 Å². The maximum absolute atomic E-state index is 10.1. The molecular formula is C12H17ClN2O. The Morgan fingerprint density at radius 2 is 2.06 bits per heavy atom. The van der Waals surface area contributed by atoms with E-state index in [1.807, 2.05) is 0 Å². The number of benzene rings is 1. The molecule has 1 aromatic carbocycles. The third kappa shape index (κ3) is 2.17. The Bertz CT molecular complexity index is 379. The molecule has 0 aliphatic heterocycles. The zero-order chi connectivity index (χ0) is 11.7. The van der Waals surface area contributed by atoms with Crippen LogP contribution in [0, 0.1) is 5.92 Å². The number of aliphatic hydroxyl groups is 1. The van der Waals surface area contributed by atoms with Crippen LogP contribution in [0.3, 0.4) is 0 Å². The first-order chi connectivity index (χ1) is 7.59. The van der Waals surface area contributed by atoms with Gasteiger partial charge < -0.3 is 16.6 Å². The Morgan fingerprint density at radius 3 is 2.62 bits per heavy atom. The van der Waals surface area contributed by atoms with E-state index in [0.717, 1.165) is 18.4 Å². The summed E-state index contributed by atoms with van der Waals surface area (Å²) in [6.07, 6.45) is 2.76. The topological polar surface area (TPSA) is 72.3 Å². The van der Waals surface area contributed by atoms with Gasteiger partial charge in [0.15, 0.2) is 0 Å². The van der Waals surface area contributed by atoms with Crippen molar-refractivity contribution in [1.29, 1.82) is 0 Å². The summed E-state index contributed by atoms with van der Waals surface area (Å²) < 4.78 is 0. The maximum Gasteiger partial charge on any atom is 0.0761 e. The Labute approximate surface area is 100 Å². The van der Waals surface area contributed by atoms with Crippen LogP contribution in [-0.2, 0) is 0 Å². The van der Waals surface area contributed by atoms with Crippen molar-refractivity contribution in [2.45, 2.75) is 31.4 Å². The van der Waals surface area contributed by atoms with Gasteiger partial charge in [-0.05, 0) is 42.5 Å². The highest BCUT2D eigenvalue weighted by atomic mass is 35.5. The van der Waals surface area contributed by atoms with E-state index in [0.29, 0.717) is 16.6 Å². The number of aliphatic hydroxyl groups excluding tert-OH is 1. The van der Waals surface area contributed by atoms with Crippen LogP contribution < -0.4 is 11.5 Å². The number of rotatable bonds is 3. The van der Waals surface area contributed by atoms with Gasteiger partial charge in [-0.2, -0.15) is 0 Å². The van der Waals surface area contributed by atoms with Gasteiger partial charge in [0.05, 0.1) is 12.1 Å². The van der Waals surface area contributed by atoms with E-state index >= 15 is 0 Å². The predicted molar refractivity (Wildman–Crippen MR) is 66.1 cm³/mol. The summed E-state index contributed by atoms with van der Waals surface area (Å²) in [5, 5.41) is 10.7. The first-order valence-electron chi connectivity index (χ1n) is 5.58. The van der Waals surface area contributed by atoms with Gasteiger partial charge in [0.2, 0.25) is 0 Å². The lowest BCUT2D eigenvalue weighted by molar-refractivity contribution is 0.0415. The minimum Gasteiger partial charge on any atom is -0.398 e. The second-order valence-electron chi connectivity index (χ2n) is 4.48. The lowest BCUT2D eigenvalue weighted by Crippen LogP contribution is -2.36. The van der Waals surface area contributed by atoms with Crippen molar-refractivity contribution in [1.82, 2.24) is 0 Å². The smallest absolute Gasteiger partial charge is 0.0761 e. The van der Waals surface area contributed by atoms with Gasteiger partial charge >= 0.3 is 0 Å². The zero-order valence-corrected chi connectivity index (χ0v) is 9.82. The molecule has 0 saturated heterocycles. The monoisotopic (exact) mass is 240 g/mol. The van der Waals surface area contributed by atoms with Gasteiger partial charge in [0, 0.05) is 10.7 Å². The van der Waals surface area contributed by atoms with Crippen molar-refractivity contribution in [2.75, 3.05) is 5.73 Å². The van der Waals surface area contributed by atoms with E-state index < -0.39 is 12.1 Å². The number of nitrogens with two attached hydrogens (primary N) is 2. The van der Waals surface area contributed by atoms with Crippen molar-refractivity contribution in [3.05, 3.63) is 28.8 Å². The Kier molecular flexibility index (Phi) is 3.38. The molecule has 0 bridgehead atoms. The molecule has 1 aliphatic carbocycles. The van der Waals surface area contributed by atoms with Gasteiger partial charge in [-0.15, -0.1) is 0 Å². The summed E-state index contributed by atoms with van der Waals surface area (Å²) in [4.78, 5) is 0. The number of nitrogen functional groups attached to an aromatic ring is 1. The first-order valence-corrected chi connectivity index (χ1v) is 5.96. The van der Waals surface area contributed by atoms with Crippen molar-refractivity contribution in [3.8, 4) is 0 Å². The van der Waals surface area contributed by atoms with E-state index in [1.54, 1.807) is 18.2 Å². The molecule has 2 atom stereocenters. The Hall–Kier alpha value is -0.770. The third-order valence-corrected chi connectivity index (χ3v) is 3.64. The first kappa shape index (κ1) is 11.7. The van der Waals surface area contributed by atoms with E-state index in [4.69, 9.17) is 23.1 Å². The largest absolute Gasteiger partial charge is 0.398 e. The molecule has 1 saturated carbocycles. The minimum atomic E-state index is -0.519. The molecule has 3 nitrogen and oxygen atoms in total. The SMILES string of the molecule is Nc1ccc(Cl)cc1[C@@H](N)[C@@H](O)C1CCC1. The summed E-state index contributed by atoms with van der Waals surface area (Å²) >= 11 is 5.90. The quantitative estimate of drug-likeness (QED) is 0.709. The molecule has 1 aromatic rings. The Morgan fingerprint density at radius 1 is 1.38 bits per heavy atom. The Balaban J connectivity index is 2.18. The molecule has 88 valence electrons. The highest BCUT2D eigenvalue weighted by molar-refractivity contribution is 6.30. The summed E-state index contributed by atoms with van der Waals surface area (Å²) in [5.41, 5.74) is 13.2. The minimum absolute atomic E-state index is 0.313. The number of hydrogen-bond acceptors (Lipinski definition) is 3. The standard InChI is InChI=1S/C12H17ClN2O/c13-8-4-5-10(14)9(6-8)11(15)12(16)7-2-1-3-7/h4-7,11-12,16H,1-3,14-15H2/t11-,12+/m1/s1. The molecular weight excluding hydrogens is 224 g/mol. The van der Waals surface area contributed by atoms with E-state index in [2.05, 4.69) is 0 Å². The molecule has 0 amide bonds. The zero-order valence-electron chi connectivity index (χ0n) is 9.07. The average Bonchev–Trinajstić information content (AvgIpc) is 2.18. The van der Waals surface area contributed by atoms with Crippen molar-refractivity contribution < 1.29 is 5.11 Å². The molecule has 2 rings (SSSR count). The van der Waals surface area contributed by atoms with Crippen LogP contribution in [0.25, 0.3) is 0 Å².